The number of furan rings is 1. The Hall–Kier alpha value is -2.30. The Morgan fingerprint density at radius 1 is 1.50 bits per heavy atom. The second-order valence-corrected chi connectivity index (χ2v) is 3.96. The number of anilines is 1. The summed E-state index contributed by atoms with van der Waals surface area (Å²) in [6.45, 7) is 1.77. The van der Waals surface area contributed by atoms with Gasteiger partial charge in [0.05, 0.1) is 18.4 Å². The fourth-order valence-electron chi connectivity index (χ4n) is 1.64. The fourth-order valence-corrected chi connectivity index (χ4v) is 1.64. The fraction of sp³-hybridized carbons (Fsp3) is 0.154. The van der Waals surface area contributed by atoms with Gasteiger partial charge in [0.25, 0.3) is 5.91 Å². The molecule has 1 heterocycles. The van der Waals surface area contributed by atoms with Crippen LogP contribution in [0.4, 0.5) is 10.1 Å². The first-order valence-corrected chi connectivity index (χ1v) is 5.44. The predicted octanol–water partition coefficient (Wildman–Crippen LogP) is 2.24. The molecule has 0 saturated carbocycles. The molecule has 0 aliphatic rings. The Balaban J connectivity index is 2.14. The minimum Gasteiger partial charge on any atom is -0.467 e. The lowest BCUT2D eigenvalue weighted by Gasteiger charge is -2.07. The highest BCUT2D eigenvalue weighted by molar-refractivity contribution is 5.95. The van der Waals surface area contributed by atoms with Gasteiger partial charge in [-0.25, -0.2) is 4.39 Å². The smallest absolute Gasteiger partial charge is 0.254 e. The number of nitrogens with one attached hydrogen (secondary N) is 1. The molecule has 5 heteroatoms. The summed E-state index contributed by atoms with van der Waals surface area (Å²) in [6, 6.07) is 6.24. The first-order valence-electron chi connectivity index (χ1n) is 5.44. The van der Waals surface area contributed by atoms with Gasteiger partial charge in [-0.15, -0.1) is 0 Å². The molecule has 94 valence electrons. The molecular weight excluding hydrogens is 235 g/mol. The van der Waals surface area contributed by atoms with Gasteiger partial charge >= 0.3 is 0 Å². The second kappa shape index (κ2) is 4.91. The molecule has 4 nitrogen and oxygen atoms in total. The Morgan fingerprint density at radius 3 is 2.94 bits per heavy atom. The molecule has 0 atom stereocenters. The molecule has 0 saturated heterocycles. The zero-order valence-corrected chi connectivity index (χ0v) is 9.87. The molecule has 0 radical (unpaired) electrons. The number of nitrogen functional groups attached to an aromatic ring is 1. The highest BCUT2D eigenvalue weighted by Crippen LogP contribution is 2.17. The highest BCUT2D eigenvalue weighted by Gasteiger charge is 2.14. The predicted molar refractivity (Wildman–Crippen MR) is 65.4 cm³/mol. The Bertz CT molecular complexity index is 565. The molecule has 1 amide bonds. The van der Waals surface area contributed by atoms with Crippen LogP contribution in [0.1, 0.15) is 21.7 Å². The maximum Gasteiger partial charge on any atom is 0.254 e. The van der Waals surface area contributed by atoms with Gasteiger partial charge < -0.3 is 15.5 Å². The molecule has 0 unspecified atom stereocenters. The normalized spacial score (nSPS) is 10.3. The van der Waals surface area contributed by atoms with Crippen molar-refractivity contribution in [2.24, 2.45) is 0 Å². The number of nitrogens with two attached hydrogens (primary N) is 1. The third-order valence-electron chi connectivity index (χ3n) is 2.52. The second-order valence-electron chi connectivity index (χ2n) is 3.96. The largest absolute Gasteiger partial charge is 0.467 e. The van der Waals surface area contributed by atoms with E-state index in [-0.39, 0.29) is 12.1 Å². The number of amides is 1. The molecule has 0 aliphatic heterocycles. The first-order chi connectivity index (χ1) is 8.58. The standard InChI is InChI=1S/C13H13FN2O2/c1-8-5-9(15)6-11(12(8)14)13(17)16-7-10-3-2-4-18-10/h2-6H,7,15H2,1H3,(H,16,17). The van der Waals surface area contributed by atoms with E-state index in [1.165, 1.54) is 18.4 Å². The van der Waals surface area contributed by atoms with Gasteiger partial charge in [-0.05, 0) is 36.8 Å². The van der Waals surface area contributed by atoms with Crippen LogP contribution in [0.2, 0.25) is 0 Å². The Morgan fingerprint density at radius 2 is 2.28 bits per heavy atom. The number of hydrogen-bond acceptors (Lipinski definition) is 3. The van der Waals surface area contributed by atoms with Crippen molar-refractivity contribution in [2.75, 3.05) is 5.73 Å². The first kappa shape index (κ1) is 12.2. The lowest BCUT2D eigenvalue weighted by Crippen LogP contribution is -2.24. The number of benzene rings is 1. The maximum absolute atomic E-state index is 13.8. The molecular formula is C13H13FN2O2. The molecule has 2 rings (SSSR count). The molecule has 1 aromatic heterocycles. The number of carbonyl (C=O) groups excluding carboxylic acids is 1. The highest BCUT2D eigenvalue weighted by atomic mass is 19.1. The summed E-state index contributed by atoms with van der Waals surface area (Å²) < 4.78 is 18.8. The van der Waals surface area contributed by atoms with E-state index in [9.17, 15) is 9.18 Å². The summed E-state index contributed by atoms with van der Waals surface area (Å²) in [5.41, 5.74) is 6.24. The molecule has 0 bridgehead atoms. The molecule has 2 aromatic rings. The van der Waals surface area contributed by atoms with Crippen LogP contribution in [-0.4, -0.2) is 5.91 Å². The van der Waals surface area contributed by atoms with Crippen LogP contribution < -0.4 is 11.1 Å². The molecule has 1 aromatic carbocycles. The van der Waals surface area contributed by atoms with Crippen molar-refractivity contribution in [1.29, 1.82) is 0 Å². The number of carbonyl (C=O) groups is 1. The Labute approximate surface area is 104 Å². The van der Waals surface area contributed by atoms with E-state index < -0.39 is 11.7 Å². The summed E-state index contributed by atoms with van der Waals surface area (Å²) in [5, 5.41) is 2.57. The van der Waals surface area contributed by atoms with Crippen molar-refractivity contribution in [1.82, 2.24) is 5.32 Å². The van der Waals surface area contributed by atoms with Crippen molar-refractivity contribution in [3.8, 4) is 0 Å². The van der Waals surface area contributed by atoms with E-state index in [1.807, 2.05) is 0 Å². The van der Waals surface area contributed by atoms with Crippen LogP contribution in [-0.2, 0) is 6.54 Å². The summed E-state index contributed by atoms with van der Waals surface area (Å²) in [4.78, 5) is 11.8. The summed E-state index contributed by atoms with van der Waals surface area (Å²) in [7, 11) is 0. The van der Waals surface area contributed by atoms with Gasteiger partial charge in [-0.1, -0.05) is 0 Å². The third kappa shape index (κ3) is 2.51. The zero-order chi connectivity index (χ0) is 13.1. The quantitative estimate of drug-likeness (QED) is 0.818. The molecule has 0 fully saturated rings. The lowest BCUT2D eigenvalue weighted by atomic mass is 10.1. The van der Waals surface area contributed by atoms with E-state index in [2.05, 4.69) is 5.32 Å². The van der Waals surface area contributed by atoms with Gasteiger partial charge in [0.15, 0.2) is 0 Å². The van der Waals surface area contributed by atoms with Gasteiger partial charge in [0, 0.05) is 5.69 Å². The van der Waals surface area contributed by atoms with Crippen LogP contribution >= 0.6 is 0 Å². The third-order valence-corrected chi connectivity index (χ3v) is 2.52. The maximum atomic E-state index is 13.8. The van der Waals surface area contributed by atoms with Crippen molar-refractivity contribution in [2.45, 2.75) is 13.5 Å². The van der Waals surface area contributed by atoms with Crippen LogP contribution in [0.25, 0.3) is 0 Å². The molecule has 0 spiro atoms. The zero-order valence-electron chi connectivity index (χ0n) is 9.87. The van der Waals surface area contributed by atoms with Gasteiger partial charge in [0.1, 0.15) is 11.6 Å². The van der Waals surface area contributed by atoms with Gasteiger partial charge in [-0.3, -0.25) is 4.79 Å². The Kier molecular flexibility index (Phi) is 3.32. The average Bonchev–Trinajstić information content (AvgIpc) is 2.83. The summed E-state index contributed by atoms with van der Waals surface area (Å²) >= 11 is 0. The number of rotatable bonds is 3. The van der Waals surface area contributed by atoms with Crippen molar-refractivity contribution >= 4 is 11.6 Å². The minimum absolute atomic E-state index is 0.0564. The van der Waals surface area contributed by atoms with Crippen LogP contribution in [0.15, 0.2) is 34.9 Å². The average molecular weight is 248 g/mol. The molecule has 18 heavy (non-hydrogen) atoms. The lowest BCUT2D eigenvalue weighted by molar-refractivity contribution is 0.0944. The van der Waals surface area contributed by atoms with Crippen LogP contribution in [0, 0.1) is 12.7 Å². The monoisotopic (exact) mass is 248 g/mol. The van der Waals surface area contributed by atoms with Crippen molar-refractivity contribution in [3.63, 3.8) is 0 Å². The van der Waals surface area contributed by atoms with E-state index in [0.29, 0.717) is 17.0 Å². The van der Waals surface area contributed by atoms with Gasteiger partial charge in [-0.2, -0.15) is 0 Å². The van der Waals surface area contributed by atoms with E-state index in [0.717, 1.165) is 0 Å². The number of aryl methyl sites for hydroxylation is 1. The van der Waals surface area contributed by atoms with Gasteiger partial charge in [0.2, 0.25) is 0 Å². The van der Waals surface area contributed by atoms with E-state index >= 15 is 0 Å². The minimum atomic E-state index is -0.554. The van der Waals surface area contributed by atoms with E-state index in [1.54, 1.807) is 19.1 Å². The number of hydrogen-bond donors (Lipinski definition) is 2. The summed E-state index contributed by atoms with van der Waals surface area (Å²) in [6.07, 6.45) is 1.51. The van der Waals surface area contributed by atoms with Crippen LogP contribution in [0.3, 0.4) is 0 Å². The van der Waals surface area contributed by atoms with Crippen molar-refractivity contribution in [3.05, 3.63) is 53.2 Å². The van der Waals surface area contributed by atoms with Crippen molar-refractivity contribution < 1.29 is 13.6 Å². The van der Waals surface area contributed by atoms with Crippen LogP contribution in [0.5, 0.6) is 0 Å². The topological polar surface area (TPSA) is 68.3 Å². The molecule has 0 aliphatic carbocycles. The SMILES string of the molecule is Cc1cc(N)cc(C(=O)NCc2ccco2)c1F. The van der Waals surface area contributed by atoms with E-state index in [4.69, 9.17) is 10.2 Å². The molecule has 3 N–H and O–H groups in total. The number of halogens is 1. The summed E-state index contributed by atoms with van der Waals surface area (Å²) in [5.74, 6) is -0.468.